The number of hydrogen-bond donors (Lipinski definition) is 1. The van der Waals surface area contributed by atoms with Gasteiger partial charge in [0.15, 0.2) is 0 Å². The van der Waals surface area contributed by atoms with Crippen LogP contribution in [-0.2, 0) is 12.6 Å². The van der Waals surface area contributed by atoms with Crippen LogP contribution >= 0.6 is 0 Å². The summed E-state index contributed by atoms with van der Waals surface area (Å²) in [6, 6.07) is 4.60. The minimum atomic E-state index is -4.29. The van der Waals surface area contributed by atoms with Crippen LogP contribution in [0.25, 0.3) is 0 Å². The maximum absolute atomic E-state index is 12.8. The molecule has 5 heteroatoms. The SMILES string of the molecule is CN(C)C1CNc2c(cccc2C(F)(F)F)C1. The van der Waals surface area contributed by atoms with Crippen LogP contribution in [0.5, 0.6) is 0 Å². The Labute approximate surface area is 98.4 Å². The van der Waals surface area contributed by atoms with Gasteiger partial charge in [0, 0.05) is 18.3 Å². The molecule has 94 valence electrons. The van der Waals surface area contributed by atoms with E-state index in [4.69, 9.17) is 0 Å². The number of nitrogens with one attached hydrogen (secondary N) is 1. The van der Waals surface area contributed by atoms with Crippen molar-refractivity contribution in [2.24, 2.45) is 0 Å². The molecule has 1 aliphatic heterocycles. The average molecular weight is 244 g/mol. The van der Waals surface area contributed by atoms with Crippen LogP contribution in [0.4, 0.5) is 18.9 Å². The highest BCUT2D eigenvalue weighted by Gasteiger charge is 2.35. The Bertz CT molecular complexity index is 413. The first-order valence-corrected chi connectivity index (χ1v) is 5.49. The van der Waals surface area contributed by atoms with E-state index in [0.29, 0.717) is 13.0 Å². The molecule has 1 aliphatic rings. The molecule has 0 bridgehead atoms. The van der Waals surface area contributed by atoms with E-state index in [1.807, 2.05) is 19.0 Å². The first kappa shape index (κ1) is 12.2. The molecule has 1 unspecified atom stereocenters. The highest BCUT2D eigenvalue weighted by molar-refractivity contribution is 5.60. The Kier molecular flexibility index (Phi) is 3.03. The van der Waals surface area contributed by atoms with Crippen molar-refractivity contribution in [3.05, 3.63) is 29.3 Å². The number of para-hydroxylation sites is 1. The lowest BCUT2D eigenvalue weighted by Crippen LogP contribution is -2.40. The third kappa shape index (κ3) is 2.39. The second-order valence-electron chi connectivity index (χ2n) is 4.54. The Morgan fingerprint density at radius 1 is 1.29 bits per heavy atom. The van der Waals surface area contributed by atoms with Crippen molar-refractivity contribution >= 4 is 5.69 Å². The van der Waals surface area contributed by atoms with Gasteiger partial charge >= 0.3 is 6.18 Å². The summed E-state index contributed by atoms with van der Waals surface area (Å²) in [5.74, 6) is 0. The standard InChI is InChI=1S/C12H15F3N2/c1-17(2)9-6-8-4-3-5-10(12(13,14)15)11(8)16-7-9/h3-5,9,16H,6-7H2,1-2H3. The zero-order valence-corrected chi connectivity index (χ0v) is 9.80. The molecule has 1 atom stereocenters. The van der Waals surface area contributed by atoms with E-state index in [9.17, 15) is 13.2 Å². The molecule has 0 saturated heterocycles. The molecule has 0 spiro atoms. The van der Waals surface area contributed by atoms with Gasteiger partial charge in [0.05, 0.1) is 5.56 Å². The number of benzene rings is 1. The molecular weight excluding hydrogens is 229 g/mol. The number of fused-ring (bicyclic) bond motifs is 1. The maximum atomic E-state index is 12.8. The molecule has 1 heterocycles. The van der Waals surface area contributed by atoms with Crippen molar-refractivity contribution in [3.63, 3.8) is 0 Å². The van der Waals surface area contributed by atoms with Crippen molar-refractivity contribution in [3.8, 4) is 0 Å². The summed E-state index contributed by atoms with van der Waals surface area (Å²) in [5, 5.41) is 2.91. The summed E-state index contributed by atoms with van der Waals surface area (Å²) in [4.78, 5) is 2.02. The van der Waals surface area contributed by atoms with Crippen LogP contribution < -0.4 is 5.32 Å². The van der Waals surface area contributed by atoms with Crippen molar-refractivity contribution < 1.29 is 13.2 Å². The summed E-state index contributed by atoms with van der Waals surface area (Å²) in [5.41, 5.74) is 0.426. The molecule has 1 aromatic rings. The number of anilines is 1. The topological polar surface area (TPSA) is 15.3 Å². The van der Waals surface area contributed by atoms with Gasteiger partial charge in [-0.25, -0.2) is 0 Å². The van der Waals surface area contributed by atoms with Crippen LogP contribution in [-0.4, -0.2) is 31.6 Å². The number of halogens is 3. The zero-order valence-electron chi connectivity index (χ0n) is 9.80. The Morgan fingerprint density at radius 2 is 2.00 bits per heavy atom. The lowest BCUT2D eigenvalue weighted by atomic mass is 9.95. The third-order valence-electron chi connectivity index (χ3n) is 3.16. The minimum absolute atomic E-state index is 0.242. The largest absolute Gasteiger partial charge is 0.418 e. The molecule has 0 amide bonds. The Hall–Kier alpha value is -1.23. The predicted octanol–water partition coefficient (Wildman–Crippen LogP) is 2.60. The zero-order chi connectivity index (χ0) is 12.6. The fourth-order valence-electron chi connectivity index (χ4n) is 2.13. The van der Waals surface area contributed by atoms with Gasteiger partial charge in [-0.05, 0) is 32.1 Å². The molecule has 0 radical (unpaired) electrons. The lowest BCUT2D eigenvalue weighted by molar-refractivity contribution is -0.137. The molecule has 2 rings (SSSR count). The number of likely N-dealkylation sites (N-methyl/N-ethyl adjacent to an activating group) is 1. The van der Waals surface area contributed by atoms with E-state index >= 15 is 0 Å². The van der Waals surface area contributed by atoms with E-state index in [1.165, 1.54) is 6.07 Å². The summed E-state index contributed by atoms with van der Waals surface area (Å²) < 4.78 is 38.3. The van der Waals surface area contributed by atoms with Crippen molar-refractivity contribution in [2.75, 3.05) is 26.0 Å². The number of hydrogen-bond acceptors (Lipinski definition) is 2. The molecule has 0 aliphatic carbocycles. The summed E-state index contributed by atoms with van der Waals surface area (Å²) in [6.45, 7) is 0.549. The fourth-order valence-corrected chi connectivity index (χ4v) is 2.13. The molecule has 1 aromatic carbocycles. The van der Waals surface area contributed by atoms with Crippen LogP contribution in [0.3, 0.4) is 0 Å². The predicted molar refractivity (Wildman–Crippen MR) is 61.1 cm³/mol. The van der Waals surface area contributed by atoms with Crippen molar-refractivity contribution in [1.29, 1.82) is 0 Å². The van der Waals surface area contributed by atoms with Crippen molar-refractivity contribution in [1.82, 2.24) is 4.90 Å². The van der Waals surface area contributed by atoms with Gasteiger partial charge in [-0.1, -0.05) is 12.1 Å². The second kappa shape index (κ2) is 4.22. The molecule has 1 N–H and O–H groups in total. The molecular formula is C12H15F3N2. The monoisotopic (exact) mass is 244 g/mol. The molecule has 0 saturated carbocycles. The smallest absolute Gasteiger partial charge is 0.383 e. The third-order valence-corrected chi connectivity index (χ3v) is 3.16. The minimum Gasteiger partial charge on any atom is -0.383 e. The van der Waals surface area contributed by atoms with Crippen LogP contribution in [0.15, 0.2) is 18.2 Å². The summed E-state index contributed by atoms with van der Waals surface area (Å²) in [6.07, 6.45) is -3.64. The molecule has 2 nitrogen and oxygen atoms in total. The van der Waals surface area contributed by atoms with Crippen LogP contribution in [0.1, 0.15) is 11.1 Å². The fraction of sp³-hybridized carbons (Fsp3) is 0.500. The van der Waals surface area contributed by atoms with Crippen LogP contribution in [0, 0.1) is 0 Å². The average Bonchev–Trinajstić information content (AvgIpc) is 2.26. The second-order valence-corrected chi connectivity index (χ2v) is 4.54. The van der Waals surface area contributed by atoms with Crippen LogP contribution in [0.2, 0.25) is 0 Å². The van der Waals surface area contributed by atoms with E-state index in [-0.39, 0.29) is 11.7 Å². The highest BCUT2D eigenvalue weighted by Crippen LogP contribution is 2.38. The number of nitrogens with zero attached hydrogens (tertiary/aromatic N) is 1. The summed E-state index contributed by atoms with van der Waals surface area (Å²) >= 11 is 0. The van der Waals surface area contributed by atoms with Gasteiger partial charge in [0.1, 0.15) is 0 Å². The van der Waals surface area contributed by atoms with E-state index in [1.54, 1.807) is 6.07 Å². The molecule has 17 heavy (non-hydrogen) atoms. The van der Waals surface area contributed by atoms with Gasteiger partial charge in [0.2, 0.25) is 0 Å². The molecule has 0 aromatic heterocycles. The van der Waals surface area contributed by atoms with E-state index in [0.717, 1.165) is 11.6 Å². The Balaban J connectivity index is 2.36. The van der Waals surface area contributed by atoms with Gasteiger partial charge < -0.3 is 10.2 Å². The number of alkyl halides is 3. The van der Waals surface area contributed by atoms with Crippen molar-refractivity contribution in [2.45, 2.75) is 18.6 Å². The van der Waals surface area contributed by atoms with Gasteiger partial charge in [-0.15, -0.1) is 0 Å². The normalized spacial score (nSPS) is 20.0. The van der Waals surface area contributed by atoms with Gasteiger partial charge in [0.25, 0.3) is 0 Å². The van der Waals surface area contributed by atoms with E-state index < -0.39 is 11.7 Å². The Morgan fingerprint density at radius 3 is 2.59 bits per heavy atom. The maximum Gasteiger partial charge on any atom is 0.418 e. The van der Waals surface area contributed by atoms with E-state index in [2.05, 4.69) is 5.32 Å². The molecule has 0 fully saturated rings. The first-order chi connectivity index (χ1) is 7.89. The first-order valence-electron chi connectivity index (χ1n) is 5.49. The quantitative estimate of drug-likeness (QED) is 0.817. The van der Waals surface area contributed by atoms with Gasteiger partial charge in [-0.2, -0.15) is 13.2 Å². The number of rotatable bonds is 1. The summed E-state index contributed by atoms with van der Waals surface area (Å²) in [7, 11) is 3.87. The highest BCUT2D eigenvalue weighted by atomic mass is 19.4. The lowest BCUT2D eigenvalue weighted by Gasteiger charge is -2.32. The van der Waals surface area contributed by atoms with Gasteiger partial charge in [-0.3, -0.25) is 0 Å².